The quantitative estimate of drug-likeness (QED) is 0.641. The van der Waals surface area contributed by atoms with Crippen LogP contribution in [0.4, 0.5) is 0 Å². The zero-order chi connectivity index (χ0) is 8.55. The van der Waals surface area contributed by atoms with Crippen molar-refractivity contribution < 1.29 is 0 Å². The van der Waals surface area contributed by atoms with Gasteiger partial charge in [0.25, 0.3) is 0 Å². The molecule has 62 valence electrons. The maximum Gasteiger partial charge on any atom is 0.0471 e. The van der Waals surface area contributed by atoms with Gasteiger partial charge in [-0.3, -0.25) is 0 Å². The fourth-order valence-electron chi connectivity index (χ4n) is 1.18. The third kappa shape index (κ3) is 1.32. The molecule has 0 N–H and O–H groups in total. The standard InChI is InChI=1S/C10H10S2/c1-7-5-9(12-6-7)10-8(2)3-4-11-10/h3-6H,1-2H3. The second-order valence-corrected chi connectivity index (χ2v) is 4.75. The molecule has 0 saturated carbocycles. The van der Waals surface area contributed by atoms with Crippen molar-refractivity contribution in [1.82, 2.24) is 0 Å². The lowest BCUT2D eigenvalue weighted by Crippen LogP contribution is -1.67. The zero-order valence-corrected chi connectivity index (χ0v) is 8.76. The number of hydrogen-bond donors (Lipinski definition) is 0. The molecule has 2 heteroatoms. The van der Waals surface area contributed by atoms with Crippen LogP contribution in [-0.4, -0.2) is 0 Å². The summed E-state index contributed by atoms with van der Waals surface area (Å²) in [6.07, 6.45) is 0. The van der Waals surface area contributed by atoms with Gasteiger partial charge in [-0.2, -0.15) is 0 Å². The molecule has 2 heterocycles. The van der Waals surface area contributed by atoms with E-state index in [1.54, 1.807) is 0 Å². The first-order chi connectivity index (χ1) is 5.77. The van der Waals surface area contributed by atoms with Gasteiger partial charge in [0.05, 0.1) is 0 Å². The van der Waals surface area contributed by atoms with Crippen LogP contribution in [0.2, 0.25) is 0 Å². The van der Waals surface area contributed by atoms with E-state index in [0.29, 0.717) is 0 Å². The summed E-state index contributed by atoms with van der Waals surface area (Å²) in [5.74, 6) is 0. The average molecular weight is 194 g/mol. The minimum absolute atomic E-state index is 1.36. The van der Waals surface area contributed by atoms with E-state index in [-0.39, 0.29) is 0 Å². The van der Waals surface area contributed by atoms with Crippen LogP contribution in [0.25, 0.3) is 9.75 Å². The average Bonchev–Trinajstić information content (AvgIpc) is 2.58. The van der Waals surface area contributed by atoms with Gasteiger partial charge in [0.15, 0.2) is 0 Å². The smallest absolute Gasteiger partial charge is 0.0471 e. The van der Waals surface area contributed by atoms with E-state index in [1.165, 1.54) is 20.9 Å². The predicted molar refractivity (Wildman–Crippen MR) is 57.1 cm³/mol. The summed E-state index contributed by atoms with van der Waals surface area (Å²) in [6.45, 7) is 4.31. The SMILES string of the molecule is Cc1csc(-c2sccc2C)c1. The van der Waals surface area contributed by atoms with Crippen molar-refractivity contribution in [2.24, 2.45) is 0 Å². The Hall–Kier alpha value is -0.600. The van der Waals surface area contributed by atoms with Crippen molar-refractivity contribution >= 4 is 22.7 Å². The Bertz CT molecular complexity index is 382. The third-order valence-corrected chi connectivity index (χ3v) is 4.06. The Labute approximate surface area is 80.5 Å². The van der Waals surface area contributed by atoms with Crippen LogP contribution in [0.1, 0.15) is 11.1 Å². The number of thiophene rings is 2. The van der Waals surface area contributed by atoms with Crippen LogP contribution < -0.4 is 0 Å². The zero-order valence-electron chi connectivity index (χ0n) is 7.13. The Morgan fingerprint density at radius 3 is 2.50 bits per heavy atom. The third-order valence-electron chi connectivity index (χ3n) is 1.82. The number of hydrogen-bond acceptors (Lipinski definition) is 2. The minimum atomic E-state index is 1.36. The van der Waals surface area contributed by atoms with Crippen LogP contribution >= 0.6 is 22.7 Å². The van der Waals surface area contributed by atoms with Crippen molar-refractivity contribution in [3.63, 3.8) is 0 Å². The molecule has 0 fully saturated rings. The molecule has 0 nitrogen and oxygen atoms in total. The number of rotatable bonds is 1. The first-order valence-electron chi connectivity index (χ1n) is 3.87. The molecule has 12 heavy (non-hydrogen) atoms. The molecule has 0 aliphatic heterocycles. The van der Waals surface area contributed by atoms with Gasteiger partial charge in [-0.05, 0) is 47.9 Å². The molecule has 0 spiro atoms. The molecule has 0 atom stereocenters. The van der Waals surface area contributed by atoms with E-state index in [4.69, 9.17) is 0 Å². The van der Waals surface area contributed by atoms with Gasteiger partial charge >= 0.3 is 0 Å². The number of aryl methyl sites for hydroxylation is 2. The fraction of sp³-hybridized carbons (Fsp3) is 0.200. The molecular weight excluding hydrogens is 184 g/mol. The highest BCUT2D eigenvalue weighted by Gasteiger charge is 2.04. The molecule has 0 aliphatic carbocycles. The monoisotopic (exact) mass is 194 g/mol. The first kappa shape index (κ1) is 8.02. The van der Waals surface area contributed by atoms with Crippen molar-refractivity contribution in [3.8, 4) is 9.75 Å². The molecule has 0 bridgehead atoms. The Balaban J connectivity index is 2.50. The highest BCUT2D eigenvalue weighted by atomic mass is 32.1. The van der Waals surface area contributed by atoms with E-state index >= 15 is 0 Å². The molecule has 0 saturated heterocycles. The van der Waals surface area contributed by atoms with Gasteiger partial charge in [-0.1, -0.05) is 0 Å². The van der Waals surface area contributed by atoms with E-state index in [1.807, 2.05) is 22.7 Å². The maximum atomic E-state index is 2.25. The molecule has 2 aromatic heterocycles. The lowest BCUT2D eigenvalue weighted by Gasteiger charge is -1.92. The van der Waals surface area contributed by atoms with Crippen molar-refractivity contribution in [3.05, 3.63) is 34.0 Å². The Kier molecular flexibility index (Phi) is 2.03. The van der Waals surface area contributed by atoms with Crippen LogP contribution in [0, 0.1) is 13.8 Å². The van der Waals surface area contributed by atoms with Gasteiger partial charge in [-0.25, -0.2) is 0 Å². The molecule has 2 rings (SSSR count). The minimum Gasteiger partial charge on any atom is -0.143 e. The fourth-order valence-corrected chi connectivity index (χ4v) is 3.20. The highest BCUT2D eigenvalue weighted by Crippen LogP contribution is 2.33. The Morgan fingerprint density at radius 2 is 2.00 bits per heavy atom. The van der Waals surface area contributed by atoms with Crippen molar-refractivity contribution in [1.29, 1.82) is 0 Å². The summed E-state index contributed by atoms with van der Waals surface area (Å²) in [7, 11) is 0. The van der Waals surface area contributed by atoms with Gasteiger partial charge in [0.2, 0.25) is 0 Å². The molecule has 0 amide bonds. The summed E-state index contributed by atoms with van der Waals surface area (Å²) in [5, 5.41) is 4.36. The van der Waals surface area contributed by atoms with Crippen LogP contribution in [0.5, 0.6) is 0 Å². The van der Waals surface area contributed by atoms with Crippen LogP contribution in [0.15, 0.2) is 22.9 Å². The van der Waals surface area contributed by atoms with E-state index in [2.05, 4.69) is 36.7 Å². The van der Waals surface area contributed by atoms with E-state index < -0.39 is 0 Å². The van der Waals surface area contributed by atoms with Gasteiger partial charge in [0.1, 0.15) is 0 Å². The summed E-state index contributed by atoms with van der Waals surface area (Å²) >= 11 is 3.66. The molecule has 0 aromatic carbocycles. The Morgan fingerprint density at radius 1 is 1.17 bits per heavy atom. The topological polar surface area (TPSA) is 0 Å². The maximum absolute atomic E-state index is 2.25. The summed E-state index contributed by atoms with van der Waals surface area (Å²) in [5.41, 5.74) is 2.75. The van der Waals surface area contributed by atoms with E-state index in [0.717, 1.165) is 0 Å². The highest BCUT2D eigenvalue weighted by molar-refractivity contribution is 7.20. The van der Waals surface area contributed by atoms with Crippen molar-refractivity contribution in [2.75, 3.05) is 0 Å². The van der Waals surface area contributed by atoms with Crippen LogP contribution in [0.3, 0.4) is 0 Å². The normalized spacial score (nSPS) is 10.5. The van der Waals surface area contributed by atoms with Crippen molar-refractivity contribution in [2.45, 2.75) is 13.8 Å². The van der Waals surface area contributed by atoms with Crippen LogP contribution in [-0.2, 0) is 0 Å². The lowest BCUT2D eigenvalue weighted by atomic mass is 10.2. The molecule has 0 unspecified atom stereocenters. The molecule has 0 radical (unpaired) electrons. The van der Waals surface area contributed by atoms with E-state index in [9.17, 15) is 0 Å². The second-order valence-electron chi connectivity index (χ2n) is 2.92. The first-order valence-corrected chi connectivity index (χ1v) is 5.63. The summed E-state index contributed by atoms with van der Waals surface area (Å²) < 4.78 is 0. The lowest BCUT2D eigenvalue weighted by molar-refractivity contribution is 1.53. The van der Waals surface area contributed by atoms with Gasteiger partial charge < -0.3 is 0 Å². The van der Waals surface area contributed by atoms with Gasteiger partial charge in [-0.15, -0.1) is 22.7 Å². The summed E-state index contributed by atoms with van der Waals surface area (Å²) in [4.78, 5) is 2.83. The predicted octanol–water partition coefficient (Wildman–Crippen LogP) is 4.09. The summed E-state index contributed by atoms with van der Waals surface area (Å²) in [6, 6.07) is 4.43. The van der Waals surface area contributed by atoms with Gasteiger partial charge in [0, 0.05) is 9.75 Å². The molecular formula is C10H10S2. The molecule has 2 aromatic rings. The largest absolute Gasteiger partial charge is 0.143 e. The molecule has 0 aliphatic rings. The second kappa shape index (κ2) is 3.04.